The van der Waals surface area contributed by atoms with E-state index in [-0.39, 0.29) is 10.5 Å². The highest BCUT2D eigenvalue weighted by atomic mass is 35.5. The van der Waals surface area contributed by atoms with Gasteiger partial charge in [0, 0.05) is 26.2 Å². The van der Waals surface area contributed by atoms with E-state index >= 15 is 0 Å². The van der Waals surface area contributed by atoms with Gasteiger partial charge >= 0.3 is 0 Å². The molecule has 0 N–H and O–H groups in total. The summed E-state index contributed by atoms with van der Waals surface area (Å²) in [6, 6.07) is 9.10. The molecule has 1 heterocycles. The minimum absolute atomic E-state index is 0.109. The molecule has 6 nitrogen and oxygen atoms in total. The molecule has 0 aliphatic heterocycles. The maximum absolute atomic E-state index is 12.6. The highest BCUT2D eigenvalue weighted by Crippen LogP contribution is 2.31. The largest absolute Gasteiger partial charge is 0.315 e. The molecule has 28 heavy (non-hydrogen) atoms. The number of aryl methyl sites for hydroxylation is 1. The average Bonchev–Trinajstić information content (AvgIpc) is 3.04. The molecular formula is C18H17Cl2N3O3S2. The third-order valence-corrected chi connectivity index (χ3v) is 7.79. The maximum atomic E-state index is 12.6. The van der Waals surface area contributed by atoms with E-state index in [1.165, 1.54) is 49.7 Å². The third-order valence-electron chi connectivity index (χ3n) is 4.12. The zero-order chi connectivity index (χ0) is 20.6. The minimum atomic E-state index is -3.56. The summed E-state index contributed by atoms with van der Waals surface area (Å²) < 4.78 is 28.0. The molecule has 0 aliphatic carbocycles. The van der Waals surface area contributed by atoms with E-state index in [4.69, 9.17) is 23.2 Å². The van der Waals surface area contributed by atoms with E-state index in [9.17, 15) is 13.2 Å². The van der Waals surface area contributed by atoms with Gasteiger partial charge in [0.2, 0.25) is 10.0 Å². The number of rotatable bonds is 4. The number of nitrogens with zero attached hydrogens (tertiary/aromatic N) is 3. The van der Waals surface area contributed by atoms with Gasteiger partial charge in [-0.1, -0.05) is 34.5 Å². The lowest BCUT2D eigenvalue weighted by Crippen LogP contribution is -2.22. The number of fused-ring (bicyclic) bond motifs is 1. The SMILES string of the molecule is CCn1c(=NC(=O)c2ccc(S(=O)(=O)N(C)C)cc2)sc2c(Cl)ccc(Cl)c21. The first-order valence-corrected chi connectivity index (χ1v) is 11.3. The molecule has 0 saturated carbocycles. The van der Waals surface area contributed by atoms with Crippen LogP contribution >= 0.6 is 34.5 Å². The van der Waals surface area contributed by atoms with Crippen molar-refractivity contribution in [1.82, 2.24) is 8.87 Å². The average molecular weight is 458 g/mol. The fourth-order valence-electron chi connectivity index (χ4n) is 2.62. The third kappa shape index (κ3) is 3.75. The number of amides is 1. The Hall–Kier alpha value is -1.71. The van der Waals surface area contributed by atoms with Gasteiger partial charge in [0.15, 0.2) is 4.80 Å². The molecule has 1 aromatic heterocycles. The van der Waals surface area contributed by atoms with Crippen molar-refractivity contribution in [2.24, 2.45) is 4.99 Å². The van der Waals surface area contributed by atoms with Crippen molar-refractivity contribution in [2.75, 3.05) is 14.1 Å². The molecule has 10 heteroatoms. The second kappa shape index (κ2) is 7.96. The van der Waals surface area contributed by atoms with Crippen LogP contribution in [0.15, 0.2) is 46.3 Å². The number of thiazole rings is 1. The van der Waals surface area contributed by atoms with Crippen LogP contribution in [0.5, 0.6) is 0 Å². The zero-order valence-corrected chi connectivity index (χ0v) is 18.5. The van der Waals surface area contributed by atoms with Crippen LogP contribution in [-0.4, -0.2) is 37.3 Å². The summed E-state index contributed by atoms with van der Waals surface area (Å²) in [7, 11) is -0.657. The summed E-state index contributed by atoms with van der Waals surface area (Å²) in [5.41, 5.74) is 1.02. The van der Waals surface area contributed by atoms with Gasteiger partial charge in [-0.05, 0) is 43.3 Å². The van der Waals surface area contributed by atoms with Gasteiger partial charge in [-0.25, -0.2) is 12.7 Å². The molecule has 0 atom stereocenters. The van der Waals surface area contributed by atoms with Gasteiger partial charge < -0.3 is 4.57 Å². The van der Waals surface area contributed by atoms with E-state index in [0.29, 0.717) is 21.4 Å². The zero-order valence-electron chi connectivity index (χ0n) is 15.3. The van der Waals surface area contributed by atoms with E-state index in [2.05, 4.69) is 4.99 Å². The molecule has 0 unspecified atom stereocenters. The van der Waals surface area contributed by atoms with Crippen molar-refractivity contribution in [2.45, 2.75) is 18.4 Å². The molecule has 0 fully saturated rings. The van der Waals surface area contributed by atoms with Crippen LogP contribution in [0.3, 0.4) is 0 Å². The van der Waals surface area contributed by atoms with Crippen molar-refractivity contribution in [3.8, 4) is 0 Å². The van der Waals surface area contributed by atoms with Crippen LogP contribution in [0.4, 0.5) is 0 Å². The Bertz CT molecular complexity index is 1230. The number of hydrogen-bond donors (Lipinski definition) is 0. The Balaban J connectivity index is 2.06. The number of benzene rings is 2. The summed E-state index contributed by atoms with van der Waals surface area (Å²) >= 11 is 13.8. The van der Waals surface area contributed by atoms with E-state index in [1.807, 2.05) is 11.5 Å². The number of sulfonamides is 1. The van der Waals surface area contributed by atoms with Gasteiger partial charge in [0.1, 0.15) is 0 Å². The molecule has 0 saturated heterocycles. The summed E-state index contributed by atoms with van der Waals surface area (Å²) in [5, 5.41) is 1.07. The Labute approximate surface area is 176 Å². The summed E-state index contributed by atoms with van der Waals surface area (Å²) in [6.07, 6.45) is 0. The van der Waals surface area contributed by atoms with Gasteiger partial charge in [-0.3, -0.25) is 4.79 Å². The predicted molar refractivity (Wildman–Crippen MR) is 113 cm³/mol. The van der Waals surface area contributed by atoms with Crippen molar-refractivity contribution in [3.63, 3.8) is 0 Å². The summed E-state index contributed by atoms with van der Waals surface area (Å²) in [5.74, 6) is -0.477. The van der Waals surface area contributed by atoms with Gasteiger partial charge in [-0.2, -0.15) is 4.99 Å². The first kappa shape index (κ1) is 21.0. The number of aromatic nitrogens is 1. The number of halogens is 2. The molecule has 0 bridgehead atoms. The molecule has 0 radical (unpaired) electrons. The Morgan fingerprint density at radius 1 is 1.11 bits per heavy atom. The predicted octanol–water partition coefficient (Wildman–Crippen LogP) is 4.02. The molecule has 2 aromatic carbocycles. The highest BCUT2D eigenvalue weighted by molar-refractivity contribution is 7.89. The van der Waals surface area contributed by atoms with Crippen LogP contribution in [0, 0.1) is 0 Å². The summed E-state index contributed by atoms with van der Waals surface area (Å²) in [6.45, 7) is 2.49. The van der Waals surface area contributed by atoms with Gasteiger partial charge in [-0.15, -0.1) is 0 Å². The second-order valence-electron chi connectivity index (χ2n) is 6.06. The topological polar surface area (TPSA) is 71.7 Å². The molecule has 0 spiro atoms. The summed E-state index contributed by atoms with van der Waals surface area (Å²) in [4.78, 5) is 17.4. The number of hydrogen-bond acceptors (Lipinski definition) is 4. The Morgan fingerprint density at radius 3 is 2.29 bits per heavy atom. The molecule has 3 aromatic rings. The number of carbonyl (C=O) groups is 1. The van der Waals surface area contributed by atoms with Crippen LogP contribution in [0.25, 0.3) is 10.2 Å². The van der Waals surface area contributed by atoms with Crippen LogP contribution in [0.1, 0.15) is 17.3 Å². The lowest BCUT2D eigenvalue weighted by Gasteiger charge is -2.11. The quantitative estimate of drug-likeness (QED) is 0.593. The molecule has 0 aliphatic rings. The number of carbonyl (C=O) groups excluding carboxylic acids is 1. The second-order valence-corrected chi connectivity index (χ2v) is 10.0. The Morgan fingerprint density at radius 2 is 1.71 bits per heavy atom. The minimum Gasteiger partial charge on any atom is -0.315 e. The van der Waals surface area contributed by atoms with Gasteiger partial charge in [0.05, 0.1) is 25.2 Å². The lowest BCUT2D eigenvalue weighted by molar-refractivity contribution is 0.0997. The molecule has 148 valence electrons. The van der Waals surface area contributed by atoms with Crippen molar-refractivity contribution < 1.29 is 13.2 Å². The first-order valence-electron chi connectivity index (χ1n) is 8.25. The Kier molecular flexibility index (Phi) is 5.97. The van der Waals surface area contributed by atoms with Gasteiger partial charge in [0.25, 0.3) is 5.91 Å². The lowest BCUT2D eigenvalue weighted by atomic mass is 10.2. The van der Waals surface area contributed by atoms with Crippen LogP contribution < -0.4 is 4.80 Å². The smallest absolute Gasteiger partial charge is 0.279 e. The normalized spacial score (nSPS) is 12.9. The maximum Gasteiger partial charge on any atom is 0.279 e. The van der Waals surface area contributed by atoms with Crippen molar-refractivity contribution in [3.05, 3.63) is 56.8 Å². The first-order chi connectivity index (χ1) is 13.2. The molecule has 3 rings (SSSR count). The van der Waals surface area contributed by atoms with E-state index in [0.717, 1.165) is 14.5 Å². The highest BCUT2D eigenvalue weighted by Gasteiger charge is 2.18. The van der Waals surface area contributed by atoms with Crippen LogP contribution in [0.2, 0.25) is 10.0 Å². The fourth-order valence-corrected chi connectivity index (χ4v) is 5.23. The van der Waals surface area contributed by atoms with E-state index in [1.54, 1.807) is 12.1 Å². The fraction of sp³-hybridized carbons (Fsp3) is 0.222. The molecular weight excluding hydrogens is 441 g/mol. The standard InChI is InChI=1S/C18H17Cl2N3O3S2/c1-4-23-15-13(19)9-10-14(20)16(15)27-18(23)21-17(24)11-5-7-12(8-6-11)28(25,26)22(2)3/h5-10H,4H2,1-3H3. The van der Waals surface area contributed by atoms with E-state index < -0.39 is 15.9 Å². The molecule has 1 amide bonds. The van der Waals surface area contributed by atoms with Crippen molar-refractivity contribution in [1.29, 1.82) is 0 Å². The van der Waals surface area contributed by atoms with Crippen LogP contribution in [-0.2, 0) is 16.6 Å². The van der Waals surface area contributed by atoms with Crippen molar-refractivity contribution >= 4 is 60.7 Å². The monoisotopic (exact) mass is 457 g/mol.